The van der Waals surface area contributed by atoms with Crippen LogP contribution in [-0.2, 0) is 4.79 Å². The van der Waals surface area contributed by atoms with Crippen molar-refractivity contribution in [1.29, 1.82) is 0 Å². The van der Waals surface area contributed by atoms with Gasteiger partial charge in [0.2, 0.25) is 0 Å². The van der Waals surface area contributed by atoms with Crippen LogP contribution in [0.4, 0.5) is 0 Å². The predicted octanol–water partition coefficient (Wildman–Crippen LogP) is 1.76. The topological polar surface area (TPSA) is 78.5 Å². The molecule has 0 heterocycles. The van der Waals surface area contributed by atoms with Gasteiger partial charge in [0, 0.05) is 5.56 Å². The Morgan fingerprint density at radius 3 is 2.36 bits per heavy atom. The van der Waals surface area contributed by atoms with E-state index in [2.05, 4.69) is 12.2 Å². The van der Waals surface area contributed by atoms with Crippen LogP contribution in [0.25, 0.3) is 0 Å². The van der Waals surface area contributed by atoms with Crippen molar-refractivity contribution in [2.75, 3.05) is 6.61 Å². The molecule has 0 aliphatic rings. The van der Waals surface area contributed by atoms with E-state index in [0.29, 0.717) is 24.3 Å². The molecule has 0 saturated heterocycles. The van der Waals surface area contributed by atoms with E-state index in [0.717, 1.165) is 12.8 Å². The zero-order valence-electron chi connectivity index (χ0n) is 13.4. The molecular weight excluding hydrogens is 282 g/mol. The second-order valence-corrected chi connectivity index (χ2v) is 5.70. The number of carbonyl (C=O) groups excluding carboxylic acids is 2. The quantitative estimate of drug-likeness (QED) is 0.705. The average Bonchev–Trinajstić information content (AvgIpc) is 2.47. The Morgan fingerprint density at radius 1 is 1.23 bits per heavy atom. The molecule has 1 rings (SSSR count). The smallest absolute Gasteiger partial charge is 0.251 e. The molecule has 1 atom stereocenters. The number of rotatable bonds is 9. The maximum atomic E-state index is 12.1. The van der Waals surface area contributed by atoms with E-state index >= 15 is 0 Å². The summed E-state index contributed by atoms with van der Waals surface area (Å²) < 4.78 is 5.52. The molecule has 5 nitrogen and oxygen atoms in total. The highest BCUT2D eigenvalue weighted by Gasteiger charge is 2.16. The van der Waals surface area contributed by atoms with Crippen LogP contribution < -0.4 is 15.2 Å². The molecule has 0 aliphatic carbocycles. The van der Waals surface area contributed by atoms with Crippen molar-refractivity contribution in [3.63, 3.8) is 0 Å². The molecule has 0 aromatic heterocycles. The number of carboxylic acids is 1. The standard InChI is InChI=1S/C17H25NO4/c1-4-5-10-22-14-8-6-13(7-9-14)16(19)18-15(17(20)21)11-12(2)3/h6-9,12,15H,4-5,10-11H2,1-3H3,(H,18,19)(H,20,21)/p-1. The number of hydrogen-bond donors (Lipinski definition) is 1. The fourth-order valence-corrected chi connectivity index (χ4v) is 1.96. The molecule has 5 heteroatoms. The largest absolute Gasteiger partial charge is 0.548 e. The molecule has 0 spiro atoms. The fraction of sp³-hybridized carbons (Fsp3) is 0.529. The molecule has 1 N–H and O–H groups in total. The summed E-state index contributed by atoms with van der Waals surface area (Å²) in [6.45, 7) is 6.51. The van der Waals surface area contributed by atoms with Gasteiger partial charge in [-0.3, -0.25) is 4.79 Å². The lowest BCUT2D eigenvalue weighted by Crippen LogP contribution is -2.48. The van der Waals surface area contributed by atoms with Gasteiger partial charge in [0.25, 0.3) is 5.91 Å². The van der Waals surface area contributed by atoms with Crippen LogP contribution >= 0.6 is 0 Å². The Morgan fingerprint density at radius 2 is 1.86 bits per heavy atom. The molecule has 1 aromatic rings. The maximum absolute atomic E-state index is 12.1. The molecule has 122 valence electrons. The van der Waals surface area contributed by atoms with E-state index in [1.807, 2.05) is 13.8 Å². The zero-order chi connectivity index (χ0) is 16.5. The molecule has 1 amide bonds. The zero-order valence-corrected chi connectivity index (χ0v) is 13.4. The van der Waals surface area contributed by atoms with Crippen molar-refractivity contribution in [3.05, 3.63) is 29.8 Å². The number of hydrogen-bond acceptors (Lipinski definition) is 4. The molecule has 0 bridgehead atoms. The summed E-state index contributed by atoms with van der Waals surface area (Å²) in [6.07, 6.45) is 2.37. The summed E-state index contributed by atoms with van der Waals surface area (Å²) in [5.41, 5.74) is 0.401. The lowest BCUT2D eigenvalue weighted by Gasteiger charge is -2.21. The number of ether oxygens (including phenoxy) is 1. The van der Waals surface area contributed by atoms with Gasteiger partial charge in [-0.25, -0.2) is 0 Å². The van der Waals surface area contributed by atoms with Crippen LogP contribution in [0.1, 0.15) is 50.4 Å². The van der Waals surface area contributed by atoms with Gasteiger partial charge >= 0.3 is 0 Å². The molecule has 0 saturated carbocycles. The Bertz CT molecular complexity index is 482. The van der Waals surface area contributed by atoms with Crippen molar-refractivity contribution in [2.45, 2.75) is 46.1 Å². The number of unbranched alkanes of at least 4 members (excludes halogenated alkanes) is 1. The highest BCUT2D eigenvalue weighted by Crippen LogP contribution is 2.13. The van der Waals surface area contributed by atoms with Crippen molar-refractivity contribution < 1.29 is 19.4 Å². The third-order valence-corrected chi connectivity index (χ3v) is 3.18. The lowest BCUT2D eigenvalue weighted by molar-refractivity contribution is -0.308. The van der Waals surface area contributed by atoms with Crippen LogP contribution in [0.3, 0.4) is 0 Å². The minimum atomic E-state index is -1.26. The van der Waals surface area contributed by atoms with Crippen molar-refractivity contribution in [1.82, 2.24) is 5.32 Å². The number of amides is 1. The van der Waals surface area contributed by atoms with Crippen molar-refractivity contribution >= 4 is 11.9 Å². The van der Waals surface area contributed by atoms with Crippen LogP contribution in [0.15, 0.2) is 24.3 Å². The SMILES string of the molecule is CCCCOc1ccc(C(=O)NC(CC(C)C)C(=O)[O-])cc1. The molecule has 22 heavy (non-hydrogen) atoms. The summed E-state index contributed by atoms with van der Waals surface area (Å²) in [5, 5.41) is 13.6. The number of aliphatic carboxylic acids is 1. The van der Waals surface area contributed by atoms with E-state index in [9.17, 15) is 14.7 Å². The van der Waals surface area contributed by atoms with Crippen LogP contribution in [-0.4, -0.2) is 24.5 Å². The fourth-order valence-electron chi connectivity index (χ4n) is 1.96. The minimum Gasteiger partial charge on any atom is -0.548 e. The second kappa shape index (κ2) is 9.07. The normalized spacial score (nSPS) is 12.0. The first-order valence-electron chi connectivity index (χ1n) is 7.68. The maximum Gasteiger partial charge on any atom is 0.251 e. The van der Waals surface area contributed by atoms with Gasteiger partial charge in [0.05, 0.1) is 18.6 Å². The predicted molar refractivity (Wildman–Crippen MR) is 82.6 cm³/mol. The number of carbonyl (C=O) groups is 2. The minimum absolute atomic E-state index is 0.151. The van der Waals surface area contributed by atoms with Crippen molar-refractivity contribution in [2.24, 2.45) is 5.92 Å². The first-order valence-corrected chi connectivity index (χ1v) is 7.68. The van der Waals surface area contributed by atoms with E-state index in [-0.39, 0.29) is 5.92 Å². The summed E-state index contributed by atoms with van der Waals surface area (Å²) in [6, 6.07) is 5.69. The average molecular weight is 306 g/mol. The molecule has 1 aromatic carbocycles. The monoisotopic (exact) mass is 306 g/mol. The summed E-state index contributed by atoms with van der Waals surface area (Å²) in [7, 11) is 0. The summed E-state index contributed by atoms with van der Waals surface area (Å²) in [5.74, 6) is -0.835. The number of nitrogens with one attached hydrogen (secondary N) is 1. The Kier molecular flexibility index (Phi) is 7.43. The lowest BCUT2D eigenvalue weighted by atomic mass is 10.0. The van der Waals surface area contributed by atoms with Crippen LogP contribution in [0, 0.1) is 5.92 Å². The van der Waals surface area contributed by atoms with Crippen LogP contribution in [0.2, 0.25) is 0 Å². The highest BCUT2D eigenvalue weighted by molar-refractivity contribution is 5.96. The van der Waals surface area contributed by atoms with Crippen LogP contribution in [0.5, 0.6) is 5.75 Å². The highest BCUT2D eigenvalue weighted by atomic mass is 16.5. The van der Waals surface area contributed by atoms with Gasteiger partial charge in [0.1, 0.15) is 5.75 Å². The van der Waals surface area contributed by atoms with Gasteiger partial charge in [-0.2, -0.15) is 0 Å². The van der Waals surface area contributed by atoms with Gasteiger partial charge in [-0.05, 0) is 43.0 Å². The summed E-state index contributed by atoms with van der Waals surface area (Å²) >= 11 is 0. The Labute approximate surface area is 131 Å². The van der Waals surface area contributed by atoms with E-state index < -0.39 is 17.9 Å². The van der Waals surface area contributed by atoms with Gasteiger partial charge in [0.15, 0.2) is 0 Å². The van der Waals surface area contributed by atoms with E-state index in [1.165, 1.54) is 0 Å². The first kappa shape index (κ1) is 18.0. The Hall–Kier alpha value is -2.04. The number of benzene rings is 1. The third-order valence-electron chi connectivity index (χ3n) is 3.18. The second-order valence-electron chi connectivity index (χ2n) is 5.70. The van der Waals surface area contributed by atoms with Gasteiger partial charge < -0.3 is 20.0 Å². The third kappa shape index (κ3) is 6.16. The molecule has 0 radical (unpaired) electrons. The molecule has 1 unspecified atom stereocenters. The van der Waals surface area contributed by atoms with Crippen molar-refractivity contribution in [3.8, 4) is 5.75 Å². The number of carboxylic acid groups (broad SMARTS) is 1. The van der Waals surface area contributed by atoms with E-state index in [4.69, 9.17) is 4.74 Å². The van der Waals surface area contributed by atoms with Gasteiger partial charge in [-0.1, -0.05) is 27.2 Å². The summed E-state index contributed by atoms with van der Waals surface area (Å²) in [4.78, 5) is 23.1. The molecule has 0 aliphatic heterocycles. The first-order chi connectivity index (χ1) is 10.4. The van der Waals surface area contributed by atoms with Gasteiger partial charge in [-0.15, -0.1) is 0 Å². The molecular formula is C17H24NO4-. The molecule has 0 fully saturated rings. The van der Waals surface area contributed by atoms with E-state index in [1.54, 1.807) is 24.3 Å². The Balaban J connectivity index is 2.62.